The molecule has 0 atom stereocenters. The molecule has 1 aromatic heterocycles. The second kappa shape index (κ2) is 7.31. The van der Waals surface area contributed by atoms with E-state index in [9.17, 15) is 4.79 Å². The largest absolute Gasteiger partial charge is 0.516 e. The van der Waals surface area contributed by atoms with Crippen LogP contribution in [0.15, 0.2) is 6.07 Å². The predicted molar refractivity (Wildman–Crippen MR) is 62.0 cm³/mol. The molecule has 0 saturated carbocycles. The molecule has 7 nitrogen and oxygen atoms in total. The standard InChI is InChI=1S/C11H16N2O5/c1-4-15-8-7-9(16-5-2)13-10(12-8)18-11(14)17-6-3/h7H,4-6H2,1-3H3. The van der Waals surface area contributed by atoms with Crippen molar-refractivity contribution < 1.29 is 23.7 Å². The first-order valence-electron chi connectivity index (χ1n) is 5.68. The summed E-state index contributed by atoms with van der Waals surface area (Å²) < 4.78 is 19.8. The maximum Gasteiger partial charge on any atom is 0.516 e. The van der Waals surface area contributed by atoms with Gasteiger partial charge in [-0.25, -0.2) is 4.79 Å². The minimum absolute atomic E-state index is 0.164. The molecule has 18 heavy (non-hydrogen) atoms. The molecule has 0 aromatic carbocycles. The van der Waals surface area contributed by atoms with Crippen LogP contribution in [0.1, 0.15) is 20.8 Å². The van der Waals surface area contributed by atoms with Crippen LogP contribution in [0.4, 0.5) is 4.79 Å². The van der Waals surface area contributed by atoms with Crippen molar-refractivity contribution in [2.75, 3.05) is 19.8 Å². The van der Waals surface area contributed by atoms with Gasteiger partial charge in [0.15, 0.2) is 0 Å². The number of hydrogen-bond donors (Lipinski definition) is 0. The minimum Gasteiger partial charge on any atom is -0.478 e. The second-order valence-corrected chi connectivity index (χ2v) is 2.98. The fourth-order valence-corrected chi connectivity index (χ4v) is 1.09. The predicted octanol–water partition coefficient (Wildman–Crippen LogP) is 1.81. The van der Waals surface area contributed by atoms with E-state index in [2.05, 4.69) is 14.7 Å². The number of carbonyl (C=O) groups is 1. The summed E-state index contributed by atoms with van der Waals surface area (Å²) >= 11 is 0. The van der Waals surface area contributed by atoms with Crippen molar-refractivity contribution in [2.45, 2.75) is 20.8 Å². The van der Waals surface area contributed by atoms with Crippen LogP contribution in [-0.2, 0) is 4.74 Å². The van der Waals surface area contributed by atoms with Crippen molar-refractivity contribution >= 4 is 6.16 Å². The molecular weight excluding hydrogens is 240 g/mol. The summed E-state index contributed by atoms with van der Waals surface area (Å²) in [5.41, 5.74) is 0. The number of nitrogens with zero attached hydrogens (tertiary/aromatic N) is 2. The molecule has 100 valence electrons. The lowest BCUT2D eigenvalue weighted by Crippen LogP contribution is -2.13. The van der Waals surface area contributed by atoms with Crippen LogP contribution in [-0.4, -0.2) is 35.9 Å². The summed E-state index contributed by atoms with van der Waals surface area (Å²) in [6, 6.07) is 1.35. The van der Waals surface area contributed by atoms with Gasteiger partial charge in [-0.3, -0.25) is 0 Å². The van der Waals surface area contributed by atoms with Gasteiger partial charge in [0.05, 0.1) is 25.9 Å². The number of ether oxygens (including phenoxy) is 4. The SMILES string of the molecule is CCOC(=O)Oc1nc(OCC)cc(OCC)n1. The quantitative estimate of drug-likeness (QED) is 0.718. The van der Waals surface area contributed by atoms with Crippen molar-refractivity contribution in [3.63, 3.8) is 0 Å². The second-order valence-electron chi connectivity index (χ2n) is 2.98. The van der Waals surface area contributed by atoms with Gasteiger partial charge in [0, 0.05) is 0 Å². The molecule has 0 spiro atoms. The first-order valence-corrected chi connectivity index (χ1v) is 5.68. The summed E-state index contributed by atoms with van der Waals surface area (Å²) in [5, 5.41) is 0. The molecule has 0 aliphatic rings. The van der Waals surface area contributed by atoms with E-state index in [4.69, 9.17) is 14.2 Å². The molecule has 1 aromatic rings. The number of hydrogen-bond acceptors (Lipinski definition) is 7. The van der Waals surface area contributed by atoms with E-state index in [1.807, 2.05) is 13.8 Å². The molecule has 1 rings (SSSR count). The molecule has 0 amide bonds. The summed E-state index contributed by atoms with van der Waals surface area (Å²) in [6.07, 6.45) is -0.867. The fraction of sp³-hybridized carbons (Fsp3) is 0.545. The van der Waals surface area contributed by atoms with Gasteiger partial charge in [0.2, 0.25) is 11.8 Å². The van der Waals surface area contributed by atoms with Crippen LogP contribution in [0.5, 0.6) is 17.8 Å². The first-order chi connectivity index (χ1) is 8.69. The Labute approximate surface area is 105 Å². The highest BCUT2D eigenvalue weighted by molar-refractivity contribution is 5.62. The molecule has 0 saturated heterocycles. The van der Waals surface area contributed by atoms with Crippen molar-refractivity contribution in [2.24, 2.45) is 0 Å². The van der Waals surface area contributed by atoms with Gasteiger partial charge in [-0.1, -0.05) is 0 Å². The zero-order valence-electron chi connectivity index (χ0n) is 10.6. The minimum atomic E-state index is -0.867. The molecule has 1 heterocycles. The lowest BCUT2D eigenvalue weighted by Gasteiger charge is -2.08. The highest BCUT2D eigenvalue weighted by Gasteiger charge is 2.12. The molecule has 0 unspecified atom stereocenters. The van der Waals surface area contributed by atoms with E-state index in [1.54, 1.807) is 6.92 Å². The Bertz CT molecular complexity index is 373. The molecule has 0 aliphatic heterocycles. The molecule has 0 fully saturated rings. The third-order valence-electron chi connectivity index (χ3n) is 1.68. The average molecular weight is 256 g/mol. The van der Waals surface area contributed by atoms with Crippen LogP contribution < -0.4 is 14.2 Å². The van der Waals surface area contributed by atoms with Gasteiger partial charge in [-0.15, -0.1) is 0 Å². The van der Waals surface area contributed by atoms with E-state index in [0.29, 0.717) is 13.2 Å². The third kappa shape index (κ3) is 4.44. The average Bonchev–Trinajstić information content (AvgIpc) is 2.29. The zero-order chi connectivity index (χ0) is 13.4. The lowest BCUT2D eigenvalue weighted by atomic mass is 10.6. The van der Waals surface area contributed by atoms with Crippen LogP contribution in [0.3, 0.4) is 0 Å². The summed E-state index contributed by atoms with van der Waals surface area (Å²) in [6.45, 7) is 6.37. The maximum atomic E-state index is 11.1. The molecule has 0 aliphatic carbocycles. The Hall–Kier alpha value is -2.05. The number of aromatic nitrogens is 2. The van der Waals surface area contributed by atoms with Crippen molar-refractivity contribution in [3.05, 3.63) is 6.07 Å². The van der Waals surface area contributed by atoms with Crippen molar-refractivity contribution in [3.8, 4) is 17.8 Å². The van der Waals surface area contributed by atoms with E-state index in [1.165, 1.54) is 6.07 Å². The monoisotopic (exact) mass is 256 g/mol. The van der Waals surface area contributed by atoms with Gasteiger partial charge in [-0.2, -0.15) is 9.97 Å². The number of carbonyl (C=O) groups excluding carboxylic acids is 1. The fourth-order valence-electron chi connectivity index (χ4n) is 1.09. The third-order valence-corrected chi connectivity index (χ3v) is 1.68. The van der Waals surface area contributed by atoms with Crippen LogP contribution in [0, 0.1) is 0 Å². The van der Waals surface area contributed by atoms with E-state index < -0.39 is 6.16 Å². The lowest BCUT2D eigenvalue weighted by molar-refractivity contribution is 0.0999. The van der Waals surface area contributed by atoms with E-state index in [-0.39, 0.29) is 24.4 Å². The van der Waals surface area contributed by atoms with Crippen molar-refractivity contribution in [1.29, 1.82) is 0 Å². The Morgan fingerprint density at radius 1 is 1.06 bits per heavy atom. The normalized spacial score (nSPS) is 9.72. The van der Waals surface area contributed by atoms with Crippen molar-refractivity contribution in [1.82, 2.24) is 9.97 Å². The van der Waals surface area contributed by atoms with Gasteiger partial charge in [0.25, 0.3) is 0 Å². The van der Waals surface area contributed by atoms with Gasteiger partial charge in [-0.05, 0) is 20.8 Å². The molecule has 7 heteroatoms. The van der Waals surface area contributed by atoms with Gasteiger partial charge < -0.3 is 18.9 Å². The highest BCUT2D eigenvalue weighted by Crippen LogP contribution is 2.19. The summed E-state index contributed by atoms with van der Waals surface area (Å²) in [4.78, 5) is 18.9. The Kier molecular flexibility index (Phi) is 5.69. The Morgan fingerprint density at radius 3 is 2.06 bits per heavy atom. The molecular formula is C11H16N2O5. The topological polar surface area (TPSA) is 79.8 Å². The van der Waals surface area contributed by atoms with Crippen LogP contribution in [0.2, 0.25) is 0 Å². The van der Waals surface area contributed by atoms with E-state index >= 15 is 0 Å². The van der Waals surface area contributed by atoms with Gasteiger partial charge in [0.1, 0.15) is 0 Å². The Morgan fingerprint density at radius 2 is 1.61 bits per heavy atom. The number of rotatable bonds is 6. The van der Waals surface area contributed by atoms with Crippen LogP contribution >= 0.6 is 0 Å². The molecule has 0 radical (unpaired) electrons. The zero-order valence-corrected chi connectivity index (χ0v) is 10.6. The molecule has 0 N–H and O–H groups in total. The first kappa shape index (κ1) is 14.0. The summed E-state index contributed by atoms with van der Waals surface area (Å²) in [7, 11) is 0. The highest BCUT2D eigenvalue weighted by atomic mass is 16.7. The smallest absolute Gasteiger partial charge is 0.478 e. The Balaban J connectivity index is 2.84. The van der Waals surface area contributed by atoms with Crippen LogP contribution in [0.25, 0.3) is 0 Å². The van der Waals surface area contributed by atoms with E-state index in [0.717, 1.165) is 0 Å². The summed E-state index contributed by atoms with van der Waals surface area (Å²) in [5.74, 6) is 0.547. The molecule has 0 bridgehead atoms. The van der Waals surface area contributed by atoms with Gasteiger partial charge >= 0.3 is 12.2 Å². The maximum absolute atomic E-state index is 11.1.